The molecule has 0 amide bonds. The minimum atomic E-state index is -0.949. The number of carbonyl (C=O) groups is 1. The SMILES string of the molecule is CC(C)N(CC(=O)O)C(C)c1ccc(O)cc1F. The van der Waals surface area contributed by atoms with Crippen LogP contribution in [0.5, 0.6) is 5.75 Å². The molecule has 100 valence electrons. The fourth-order valence-corrected chi connectivity index (χ4v) is 1.96. The lowest BCUT2D eigenvalue weighted by Gasteiger charge is -2.31. The Morgan fingerprint density at radius 3 is 2.44 bits per heavy atom. The highest BCUT2D eigenvalue weighted by atomic mass is 19.1. The highest BCUT2D eigenvalue weighted by molar-refractivity contribution is 5.69. The highest BCUT2D eigenvalue weighted by Crippen LogP contribution is 2.26. The number of halogens is 1. The second-order valence-electron chi connectivity index (χ2n) is 4.54. The van der Waals surface area contributed by atoms with Gasteiger partial charge in [-0.2, -0.15) is 0 Å². The number of phenols is 1. The van der Waals surface area contributed by atoms with Crippen molar-refractivity contribution in [1.29, 1.82) is 0 Å². The van der Waals surface area contributed by atoms with Gasteiger partial charge >= 0.3 is 5.97 Å². The summed E-state index contributed by atoms with van der Waals surface area (Å²) in [5, 5.41) is 18.0. The molecule has 0 heterocycles. The molecule has 0 aliphatic rings. The fraction of sp³-hybridized carbons (Fsp3) is 0.462. The van der Waals surface area contributed by atoms with Gasteiger partial charge in [-0.1, -0.05) is 6.07 Å². The maximum atomic E-state index is 13.7. The molecule has 0 radical (unpaired) electrons. The van der Waals surface area contributed by atoms with Gasteiger partial charge in [-0.05, 0) is 26.8 Å². The van der Waals surface area contributed by atoms with Crippen molar-refractivity contribution in [2.45, 2.75) is 32.9 Å². The Morgan fingerprint density at radius 1 is 1.39 bits per heavy atom. The van der Waals surface area contributed by atoms with Gasteiger partial charge in [-0.25, -0.2) is 4.39 Å². The zero-order chi connectivity index (χ0) is 13.9. The van der Waals surface area contributed by atoms with Crippen molar-refractivity contribution in [3.63, 3.8) is 0 Å². The molecule has 2 N–H and O–H groups in total. The van der Waals surface area contributed by atoms with Crippen molar-refractivity contribution >= 4 is 5.97 Å². The zero-order valence-corrected chi connectivity index (χ0v) is 10.7. The van der Waals surface area contributed by atoms with E-state index in [1.807, 2.05) is 13.8 Å². The molecule has 5 heteroatoms. The summed E-state index contributed by atoms with van der Waals surface area (Å²) in [4.78, 5) is 12.5. The van der Waals surface area contributed by atoms with E-state index in [9.17, 15) is 9.18 Å². The van der Waals surface area contributed by atoms with E-state index in [0.717, 1.165) is 6.07 Å². The van der Waals surface area contributed by atoms with Gasteiger partial charge in [-0.3, -0.25) is 9.69 Å². The number of hydrogen-bond donors (Lipinski definition) is 2. The Balaban J connectivity index is 3.01. The average Bonchev–Trinajstić information content (AvgIpc) is 2.24. The Kier molecular flexibility index (Phi) is 4.67. The lowest BCUT2D eigenvalue weighted by atomic mass is 10.0. The minimum absolute atomic E-state index is 0.0238. The largest absolute Gasteiger partial charge is 0.508 e. The van der Waals surface area contributed by atoms with Crippen molar-refractivity contribution in [1.82, 2.24) is 4.90 Å². The van der Waals surface area contributed by atoms with E-state index < -0.39 is 11.8 Å². The number of rotatable bonds is 5. The van der Waals surface area contributed by atoms with Gasteiger partial charge in [0.2, 0.25) is 0 Å². The van der Waals surface area contributed by atoms with Crippen molar-refractivity contribution in [2.75, 3.05) is 6.54 Å². The molecule has 1 aromatic carbocycles. The molecule has 1 aromatic rings. The number of phenolic OH excluding ortho intramolecular Hbond substituents is 1. The average molecular weight is 255 g/mol. The third kappa shape index (κ3) is 3.43. The van der Waals surface area contributed by atoms with E-state index in [0.29, 0.717) is 5.56 Å². The maximum absolute atomic E-state index is 13.7. The van der Waals surface area contributed by atoms with Crippen LogP contribution in [0, 0.1) is 5.82 Å². The Bertz CT molecular complexity index is 434. The third-order valence-corrected chi connectivity index (χ3v) is 2.91. The van der Waals surface area contributed by atoms with Gasteiger partial charge in [-0.15, -0.1) is 0 Å². The van der Waals surface area contributed by atoms with Gasteiger partial charge < -0.3 is 10.2 Å². The van der Waals surface area contributed by atoms with Crippen molar-refractivity contribution < 1.29 is 19.4 Å². The van der Waals surface area contributed by atoms with Crippen LogP contribution in [-0.4, -0.2) is 33.7 Å². The van der Waals surface area contributed by atoms with E-state index in [-0.39, 0.29) is 24.4 Å². The first-order valence-electron chi connectivity index (χ1n) is 5.79. The number of hydrogen-bond acceptors (Lipinski definition) is 3. The molecule has 1 unspecified atom stereocenters. The van der Waals surface area contributed by atoms with Gasteiger partial charge in [0.15, 0.2) is 0 Å². The summed E-state index contributed by atoms with van der Waals surface area (Å²) in [5.74, 6) is -1.62. The van der Waals surface area contributed by atoms with Crippen LogP contribution in [0.3, 0.4) is 0 Å². The normalized spacial score (nSPS) is 13.0. The highest BCUT2D eigenvalue weighted by Gasteiger charge is 2.23. The second-order valence-corrected chi connectivity index (χ2v) is 4.54. The molecule has 0 spiro atoms. The van der Waals surface area contributed by atoms with Crippen LogP contribution in [-0.2, 0) is 4.79 Å². The number of aliphatic carboxylic acids is 1. The smallest absolute Gasteiger partial charge is 0.317 e. The summed E-state index contributed by atoms with van der Waals surface area (Å²) in [5.41, 5.74) is 0.378. The molecular weight excluding hydrogens is 237 g/mol. The Hall–Kier alpha value is -1.62. The molecule has 0 aromatic heterocycles. The van der Waals surface area contributed by atoms with Crippen molar-refractivity contribution in [3.8, 4) is 5.75 Å². The summed E-state index contributed by atoms with van der Waals surface area (Å²) in [6.07, 6.45) is 0. The standard InChI is InChI=1S/C13H18FNO3/c1-8(2)15(7-13(17)18)9(3)11-5-4-10(16)6-12(11)14/h4-6,8-9,16H,7H2,1-3H3,(H,17,18). The number of carboxylic acid groups (broad SMARTS) is 1. The second kappa shape index (κ2) is 5.82. The predicted molar refractivity (Wildman–Crippen MR) is 66.0 cm³/mol. The van der Waals surface area contributed by atoms with E-state index in [1.54, 1.807) is 11.8 Å². The monoisotopic (exact) mass is 255 g/mol. The van der Waals surface area contributed by atoms with Crippen LogP contribution in [0.2, 0.25) is 0 Å². The minimum Gasteiger partial charge on any atom is -0.508 e. The number of benzene rings is 1. The summed E-state index contributed by atoms with van der Waals surface area (Å²) in [6, 6.07) is 3.51. The zero-order valence-electron chi connectivity index (χ0n) is 10.7. The molecule has 0 saturated heterocycles. The summed E-state index contributed by atoms with van der Waals surface area (Å²) >= 11 is 0. The first kappa shape index (κ1) is 14.4. The summed E-state index contributed by atoms with van der Waals surface area (Å²) in [6.45, 7) is 5.31. The Morgan fingerprint density at radius 2 is 2.00 bits per heavy atom. The van der Waals surface area contributed by atoms with Crippen LogP contribution in [0.1, 0.15) is 32.4 Å². The molecule has 0 aliphatic carbocycles. The van der Waals surface area contributed by atoms with Crippen LogP contribution in [0.4, 0.5) is 4.39 Å². The van der Waals surface area contributed by atoms with Crippen molar-refractivity contribution in [2.24, 2.45) is 0 Å². The van der Waals surface area contributed by atoms with E-state index in [4.69, 9.17) is 10.2 Å². The molecule has 0 saturated carbocycles. The molecule has 1 rings (SSSR count). The number of carboxylic acids is 1. The fourth-order valence-electron chi connectivity index (χ4n) is 1.96. The quantitative estimate of drug-likeness (QED) is 0.848. The molecule has 1 atom stereocenters. The molecule has 18 heavy (non-hydrogen) atoms. The van der Waals surface area contributed by atoms with Gasteiger partial charge in [0.05, 0.1) is 6.54 Å². The molecule has 0 fully saturated rings. The first-order chi connectivity index (χ1) is 8.32. The van der Waals surface area contributed by atoms with Crippen LogP contribution in [0.25, 0.3) is 0 Å². The van der Waals surface area contributed by atoms with E-state index in [1.165, 1.54) is 12.1 Å². The molecule has 0 bridgehead atoms. The molecule has 4 nitrogen and oxygen atoms in total. The van der Waals surface area contributed by atoms with Gasteiger partial charge in [0.25, 0.3) is 0 Å². The van der Waals surface area contributed by atoms with E-state index >= 15 is 0 Å². The lowest BCUT2D eigenvalue weighted by Crippen LogP contribution is -2.38. The maximum Gasteiger partial charge on any atom is 0.317 e. The Labute approximate surface area is 106 Å². The topological polar surface area (TPSA) is 60.8 Å². The van der Waals surface area contributed by atoms with Crippen LogP contribution >= 0.6 is 0 Å². The lowest BCUT2D eigenvalue weighted by molar-refractivity contribution is -0.139. The van der Waals surface area contributed by atoms with E-state index in [2.05, 4.69) is 0 Å². The first-order valence-corrected chi connectivity index (χ1v) is 5.79. The summed E-state index contributed by atoms with van der Waals surface area (Å²) < 4.78 is 13.7. The number of aromatic hydroxyl groups is 1. The predicted octanol–water partition coefficient (Wildman–Crippen LogP) is 2.39. The number of nitrogens with zero attached hydrogens (tertiary/aromatic N) is 1. The van der Waals surface area contributed by atoms with Gasteiger partial charge in [0, 0.05) is 23.7 Å². The molecule has 0 aliphatic heterocycles. The third-order valence-electron chi connectivity index (χ3n) is 2.91. The van der Waals surface area contributed by atoms with Crippen LogP contribution < -0.4 is 0 Å². The van der Waals surface area contributed by atoms with Gasteiger partial charge in [0.1, 0.15) is 11.6 Å². The van der Waals surface area contributed by atoms with Crippen molar-refractivity contribution in [3.05, 3.63) is 29.6 Å². The summed E-state index contributed by atoms with van der Waals surface area (Å²) in [7, 11) is 0. The molecular formula is C13H18FNO3. The van der Waals surface area contributed by atoms with Crippen LogP contribution in [0.15, 0.2) is 18.2 Å².